The van der Waals surface area contributed by atoms with Crippen LogP contribution >= 0.6 is 0 Å². The number of hydrogen-bond donors (Lipinski definition) is 0. The second-order valence-corrected chi connectivity index (χ2v) is 1.99. The monoisotopic (exact) mass is 182 g/mol. The number of ether oxygens (including phenoxy) is 2. The van der Waals surface area contributed by atoms with Gasteiger partial charge in [0.1, 0.15) is 12.0 Å². The largest absolute Gasteiger partial charge is 0.501 e. The minimum atomic E-state index is -4.52. The second-order valence-electron chi connectivity index (χ2n) is 1.99. The second kappa shape index (κ2) is 4.04. The summed E-state index contributed by atoms with van der Waals surface area (Å²) >= 11 is 0. The van der Waals surface area contributed by atoms with Gasteiger partial charge in [-0.2, -0.15) is 13.2 Å². The van der Waals surface area contributed by atoms with Gasteiger partial charge in [0.05, 0.1) is 7.11 Å². The van der Waals surface area contributed by atoms with Crippen molar-refractivity contribution >= 4 is 0 Å². The van der Waals surface area contributed by atoms with Gasteiger partial charge in [-0.05, 0) is 6.92 Å². The third-order valence-electron chi connectivity index (χ3n) is 0.884. The SMILES string of the molecule is C=C(O/C(C)=C\OC)C(F)(F)F. The van der Waals surface area contributed by atoms with Crippen molar-refractivity contribution in [2.45, 2.75) is 13.1 Å². The van der Waals surface area contributed by atoms with E-state index in [1.165, 1.54) is 14.0 Å². The summed E-state index contributed by atoms with van der Waals surface area (Å²) in [5, 5.41) is 0. The van der Waals surface area contributed by atoms with Crippen molar-refractivity contribution in [2.24, 2.45) is 0 Å². The van der Waals surface area contributed by atoms with Gasteiger partial charge in [-0.25, -0.2) is 0 Å². The molecule has 0 aliphatic carbocycles. The van der Waals surface area contributed by atoms with Crippen LogP contribution in [0.2, 0.25) is 0 Å². The summed E-state index contributed by atoms with van der Waals surface area (Å²) in [7, 11) is 1.31. The molecule has 0 N–H and O–H groups in total. The molecule has 0 aromatic heterocycles. The fourth-order valence-corrected chi connectivity index (χ4v) is 0.442. The highest BCUT2D eigenvalue weighted by molar-refractivity contribution is 4.98. The maximum absolute atomic E-state index is 11.8. The zero-order valence-electron chi connectivity index (χ0n) is 6.73. The van der Waals surface area contributed by atoms with Crippen LogP contribution in [-0.4, -0.2) is 13.3 Å². The van der Waals surface area contributed by atoms with Crippen molar-refractivity contribution in [1.29, 1.82) is 0 Å². The molecule has 0 unspecified atom stereocenters. The molecule has 0 radical (unpaired) electrons. The summed E-state index contributed by atoms with van der Waals surface area (Å²) in [6.07, 6.45) is -3.47. The van der Waals surface area contributed by atoms with Gasteiger partial charge in [0.25, 0.3) is 0 Å². The van der Waals surface area contributed by atoms with Crippen LogP contribution in [0, 0.1) is 0 Å². The summed E-state index contributed by atoms with van der Waals surface area (Å²) in [4.78, 5) is 0. The molecule has 0 amide bonds. The number of rotatable bonds is 3. The van der Waals surface area contributed by atoms with Crippen molar-refractivity contribution in [2.75, 3.05) is 7.11 Å². The molecule has 0 saturated heterocycles. The van der Waals surface area contributed by atoms with Gasteiger partial charge in [-0.15, -0.1) is 0 Å². The molecule has 12 heavy (non-hydrogen) atoms. The molecule has 0 saturated carbocycles. The highest BCUT2D eigenvalue weighted by atomic mass is 19.4. The number of methoxy groups -OCH3 is 1. The molecule has 0 aromatic rings. The molecule has 0 aromatic carbocycles. The highest BCUT2D eigenvalue weighted by Gasteiger charge is 2.34. The van der Waals surface area contributed by atoms with Crippen LogP contribution in [0.25, 0.3) is 0 Å². The van der Waals surface area contributed by atoms with E-state index in [9.17, 15) is 13.2 Å². The van der Waals surface area contributed by atoms with E-state index in [0.717, 1.165) is 6.26 Å². The summed E-state index contributed by atoms with van der Waals surface area (Å²) in [6, 6.07) is 0. The Kier molecular flexibility index (Phi) is 3.66. The van der Waals surface area contributed by atoms with E-state index in [-0.39, 0.29) is 5.76 Å². The Balaban J connectivity index is 4.11. The lowest BCUT2D eigenvalue weighted by molar-refractivity contribution is -0.123. The number of allylic oxidation sites excluding steroid dienone is 2. The van der Waals surface area contributed by atoms with Gasteiger partial charge < -0.3 is 9.47 Å². The molecule has 0 rings (SSSR count). The van der Waals surface area contributed by atoms with Gasteiger partial charge in [0, 0.05) is 0 Å². The first-order chi connectivity index (χ1) is 5.38. The summed E-state index contributed by atoms with van der Waals surface area (Å²) in [5.41, 5.74) is 0. The van der Waals surface area contributed by atoms with E-state index < -0.39 is 11.9 Å². The molecular weight excluding hydrogens is 173 g/mol. The van der Waals surface area contributed by atoms with E-state index in [4.69, 9.17) is 0 Å². The molecule has 5 heteroatoms. The first kappa shape index (κ1) is 10.9. The van der Waals surface area contributed by atoms with Crippen molar-refractivity contribution in [3.05, 3.63) is 24.4 Å². The van der Waals surface area contributed by atoms with Crippen molar-refractivity contribution in [3.8, 4) is 0 Å². The summed E-state index contributed by atoms with van der Waals surface area (Å²) < 4.78 is 44.0. The molecular formula is C7H9F3O2. The van der Waals surface area contributed by atoms with E-state index in [0.29, 0.717) is 0 Å². The van der Waals surface area contributed by atoms with Crippen LogP contribution in [0.3, 0.4) is 0 Å². The number of alkyl halides is 3. The fourth-order valence-electron chi connectivity index (χ4n) is 0.442. The lowest BCUT2D eigenvalue weighted by Gasteiger charge is -2.10. The van der Waals surface area contributed by atoms with E-state index in [1.807, 2.05) is 0 Å². The Morgan fingerprint density at radius 3 is 2.25 bits per heavy atom. The van der Waals surface area contributed by atoms with Crippen LogP contribution < -0.4 is 0 Å². The highest BCUT2D eigenvalue weighted by Crippen LogP contribution is 2.26. The number of hydrogen-bond acceptors (Lipinski definition) is 2. The lowest BCUT2D eigenvalue weighted by Crippen LogP contribution is -2.12. The molecule has 0 fully saturated rings. The molecule has 0 heterocycles. The lowest BCUT2D eigenvalue weighted by atomic mass is 10.5. The zero-order valence-corrected chi connectivity index (χ0v) is 6.73. The first-order valence-corrected chi connectivity index (χ1v) is 3.01. The predicted molar refractivity (Wildman–Crippen MR) is 37.0 cm³/mol. The first-order valence-electron chi connectivity index (χ1n) is 3.01. The van der Waals surface area contributed by atoms with Gasteiger partial charge >= 0.3 is 6.18 Å². The van der Waals surface area contributed by atoms with E-state index in [1.54, 1.807) is 0 Å². The Hall–Kier alpha value is -1.13. The van der Waals surface area contributed by atoms with Crippen molar-refractivity contribution < 1.29 is 22.6 Å². The average molecular weight is 182 g/mol. The molecule has 2 nitrogen and oxygen atoms in total. The van der Waals surface area contributed by atoms with Gasteiger partial charge in [0.2, 0.25) is 5.76 Å². The Labute approximate surface area is 68.3 Å². The summed E-state index contributed by atoms with van der Waals surface area (Å²) in [5.74, 6) is -1.26. The van der Waals surface area contributed by atoms with Crippen LogP contribution in [0.15, 0.2) is 24.4 Å². The third-order valence-corrected chi connectivity index (χ3v) is 0.884. The topological polar surface area (TPSA) is 18.5 Å². The van der Waals surface area contributed by atoms with Crippen LogP contribution in [0.5, 0.6) is 0 Å². The average Bonchev–Trinajstić information content (AvgIpc) is 1.85. The minimum absolute atomic E-state index is 0.000162. The van der Waals surface area contributed by atoms with E-state index in [2.05, 4.69) is 16.1 Å². The van der Waals surface area contributed by atoms with Crippen LogP contribution in [0.1, 0.15) is 6.92 Å². The number of halogens is 3. The standard InChI is InChI=1S/C7H9F3O2/c1-5(4-11-3)12-6(2)7(8,9)10/h4H,2H2,1,3H3/b5-4-. The van der Waals surface area contributed by atoms with Gasteiger partial charge in [0.15, 0.2) is 0 Å². The normalized spacial score (nSPS) is 12.6. The third kappa shape index (κ3) is 3.90. The maximum atomic E-state index is 11.8. The van der Waals surface area contributed by atoms with Gasteiger partial charge in [-0.1, -0.05) is 6.58 Å². The zero-order chi connectivity index (χ0) is 9.78. The molecule has 0 spiro atoms. The van der Waals surface area contributed by atoms with Crippen molar-refractivity contribution in [3.63, 3.8) is 0 Å². The molecule has 0 aliphatic heterocycles. The fraction of sp³-hybridized carbons (Fsp3) is 0.429. The van der Waals surface area contributed by atoms with E-state index >= 15 is 0 Å². The summed E-state index contributed by atoms with van der Waals surface area (Å²) in [6.45, 7) is 4.04. The Morgan fingerprint density at radius 2 is 1.92 bits per heavy atom. The maximum Gasteiger partial charge on any atom is 0.448 e. The Bertz CT molecular complexity index is 193. The minimum Gasteiger partial charge on any atom is -0.501 e. The van der Waals surface area contributed by atoms with Crippen LogP contribution in [0.4, 0.5) is 13.2 Å². The molecule has 0 aliphatic rings. The molecule has 0 atom stereocenters. The van der Waals surface area contributed by atoms with Gasteiger partial charge in [-0.3, -0.25) is 0 Å². The predicted octanol–water partition coefficient (Wildman–Crippen LogP) is 2.59. The molecule has 0 bridgehead atoms. The van der Waals surface area contributed by atoms with Crippen LogP contribution in [-0.2, 0) is 9.47 Å². The quantitative estimate of drug-likeness (QED) is 0.624. The molecule has 70 valence electrons. The smallest absolute Gasteiger partial charge is 0.448 e. The van der Waals surface area contributed by atoms with Crippen molar-refractivity contribution in [1.82, 2.24) is 0 Å². The Morgan fingerprint density at radius 1 is 1.42 bits per heavy atom.